The third kappa shape index (κ3) is 8.29. The molecular formula is C33H34F3N5O5. The lowest BCUT2D eigenvalue weighted by Gasteiger charge is -2.19. The van der Waals surface area contributed by atoms with Crippen LogP contribution < -0.4 is 5.56 Å². The van der Waals surface area contributed by atoms with Gasteiger partial charge in [0.05, 0.1) is 24.1 Å². The number of imidazole rings is 1. The van der Waals surface area contributed by atoms with Gasteiger partial charge in [-0.05, 0) is 43.2 Å². The number of fused-ring (bicyclic) bond motifs is 1. The van der Waals surface area contributed by atoms with Crippen LogP contribution >= 0.6 is 0 Å². The summed E-state index contributed by atoms with van der Waals surface area (Å²) in [5.74, 6) is -2.47. The molecule has 10 nitrogen and oxygen atoms in total. The van der Waals surface area contributed by atoms with Crippen molar-refractivity contribution in [2.24, 2.45) is 0 Å². The number of benzene rings is 2. The minimum absolute atomic E-state index is 0.0655. The Morgan fingerprint density at radius 1 is 0.935 bits per heavy atom. The quantitative estimate of drug-likeness (QED) is 0.214. The van der Waals surface area contributed by atoms with Gasteiger partial charge in [0.1, 0.15) is 23.3 Å². The molecule has 0 bridgehead atoms. The lowest BCUT2D eigenvalue weighted by Crippen LogP contribution is -2.35. The first-order chi connectivity index (χ1) is 21.8. The van der Waals surface area contributed by atoms with Crippen molar-refractivity contribution in [2.45, 2.75) is 38.5 Å². The van der Waals surface area contributed by atoms with E-state index in [0.29, 0.717) is 11.3 Å². The second kappa shape index (κ2) is 14.7. The molecular weight excluding hydrogens is 603 g/mol. The zero-order valence-electron chi connectivity index (χ0n) is 25.9. The van der Waals surface area contributed by atoms with Crippen LogP contribution in [0.3, 0.4) is 0 Å². The average molecular weight is 638 g/mol. The first-order valence-corrected chi connectivity index (χ1v) is 14.4. The van der Waals surface area contributed by atoms with Crippen molar-refractivity contribution < 1.29 is 32.3 Å². The van der Waals surface area contributed by atoms with Gasteiger partial charge in [0.2, 0.25) is 5.91 Å². The number of likely N-dealkylation sites (N-methyl/N-ethyl adjacent to an activating group) is 1. The summed E-state index contributed by atoms with van der Waals surface area (Å²) in [5.41, 5.74) is 0.546. The summed E-state index contributed by atoms with van der Waals surface area (Å²) in [6.45, 7) is -0.173. The molecule has 4 aromatic rings. The molecule has 0 aliphatic heterocycles. The van der Waals surface area contributed by atoms with E-state index >= 15 is 0 Å². The van der Waals surface area contributed by atoms with Crippen molar-refractivity contribution >= 4 is 28.8 Å². The summed E-state index contributed by atoms with van der Waals surface area (Å²) < 4.78 is 50.5. The Bertz CT molecular complexity index is 1850. The van der Waals surface area contributed by atoms with E-state index in [1.165, 1.54) is 71.1 Å². The average Bonchev–Trinajstić information content (AvgIpc) is 3.32. The molecule has 0 saturated carbocycles. The highest BCUT2D eigenvalue weighted by atomic mass is 19.1. The Kier molecular flexibility index (Phi) is 10.8. The van der Waals surface area contributed by atoms with Gasteiger partial charge in [0, 0.05) is 64.1 Å². The van der Waals surface area contributed by atoms with Gasteiger partial charge in [-0.1, -0.05) is 18.2 Å². The number of aromatic nitrogens is 3. The third-order valence-electron chi connectivity index (χ3n) is 7.17. The lowest BCUT2D eigenvalue weighted by molar-refractivity contribution is -0.127. The van der Waals surface area contributed by atoms with Crippen molar-refractivity contribution in [1.29, 1.82) is 0 Å². The number of allylic oxidation sites excluding steroid dienone is 1. The summed E-state index contributed by atoms with van der Waals surface area (Å²) in [7, 11) is 6.15. The number of halogens is 3. The molecule has 0 aliphatic rings. The Balaban J connectivity index is 1.60. The Hall–Kier alpha value is -5.20. The number of carbonyl (C=O) groups excluding carboxylic acids is 3. The van der Waals surface area contributed by atoms with E-state index in [2.05, 4.69) is 4.98 Å². The van der Waals surface area contributed by atoms with Crippen LogP contribution in [0.25, 0.3) is 11.0 Å². The van der Waals surface area contributed by atoms with Crippen LogP contribution in [0.5, 0.6) is 0 Å². The highest BCUT2D eigenvalue weighted by Crippen LogP contribution is 2.21. The minimum atomic E-state index is -1.17. The second-order valence-corrected chi connectivity index (χ2v) is 11.1. The highest BCUT2D eigenvalue weighted by molar-refractivity contribution is 5.88. The van der Waals surface area contributed by atoms with Crippen LogP contribution in [0.4, 0.5) is 18.0 Å². The summed E-state index contributed by atoms with van der Waals surface area (Å²) in [6, 6.07) is 10.2. The molecule has 0 spiro atoms. The number of pyridine rings is 1. The Labute approximate surface area is 263 Å². The summed E-state index contributed by atoms with van der Waals surface area (Å²) in [4.78, 5) is 58.0. The van der Waals surface area contributed by atoms with Crippen LogP contribution in [0, 0.1) is 17.5 Å². The largest absolute Gasteiger partial charge is 0.438 e. The molecule has 0 unspecified atom stereocenters. The van der Waals surface area contributed by atoms with E-state index in [9.17, 15) is 32.3 Å². The minimum Gasteiger partial charge on any atom is -0.438 e. The number of ether oxygens (including phenoxy) is 1. The van der Waals surface area contributed by atoms with Gasteiger partial charge in [-0.2, -0.15) is 0 Å². The predicted octanol–water partition coefficient (Wildman–Crippen LogP) is 4.31. The number of Topliss-reactive ketones (excluding diaryl/α,β-unsaturated/α-hetero) is 1. The van der Waals surface area contributed by atoms with Crippen molar-refractivity contribution in [3.05, 3.63) is 112 Å². The molecule has 0 saturated heterocycles. The summed E-state index contributed by atoms with van der Waals surface area (Å²) in [5, 5.41) is 0. The fraction of sp³-hybridized carbons (Fsp3) is 0.303. The summed E-state index contributed by atoms with van der Waals surface area (Å²) >= 11 is 0. The van der Waals surface area contributed by atoms with Gasteiger partial charge in [0.25, 0.3) is 5.56 Å². The highest BCUT2D eigenvalue weighted by Gasteiger charge is 2.25. The smallest absolute Gasteiger partial charge is 0.409 e. The molecule has 2 heterocycles. The molecule has 0 aliphatic carbocycles. The zero-order chi connectivity index (χ0) is 33.5. The Morgan fingerprint density at radius 2 is 1.65 bits per heavy atom. The molecule has 1 atom stereocenters. The number of carbonyl (C=O) groups is 3. The van der Waals surface area contributed by atoms with Crippen molar-refractivity contribution in [3.8, 4) is 0 Å². The number of nitrogens with zero attached hydrogens (tertiary/aromatic N) is 5. The second-order valence-electron chi connectivity index (χ2n) is 11.1. The number of ketones is 1. The van der Waals surface area contributed by atoms with Crippen molar-refractivity contribution in [1.82, 2.24) is 23.9 Å². The van der Waals surface area contributed by atoms with Crippen LogP contribution in [0.1, 0.15) is 29.8 Å². The van der Waals surface area contributed by atoms with Gasteiger partial charge in [-0.3, -0.25) is 14.4 Å². The predicted molar refractivity (Wildman–Crippen MR) is 165 cm³/mol. The molecule has 2 aromatic heterocycles. The molecule has 2 aromatic carbocycles. The third-order valence-corrected chi connectivity index (χ3v) is 7.17. The SMILES string of the molecule is CN(C)C(=O)/C=C/CC[C@H](OC(=O)N(C)C)C(=O)Cc1cccn(Cc2nc3cc(F)ccc3n2Cc2ccc(F)cc2F)c1=O. The molecule has 242 valence electrons. The van der Waals surface area contributed by atoms with Gasteiger partial charge >= 0.3 is 6.09 Å². The first kappa shape index (κ1) is 33.7. The number of rotatable bonds is 12. The van der Waals surface area contributed by atoms with E-state index < -0.39 is 41.0 Å². The van der Waals surface area contributed by atoms with Crippen LogP contribution in [0.15, 0.2) is 71.7 Å². The normalized spacial score (nSPS) is 12.0. The molecule has 2 amide bonds. The molecule has 0 N–H and O–H groups in total. The number of amides is 2. The fourth-order valence-corrected chi connectivity index (χ4v) is 4.66. The number of hydrogen-bond donors (Lipinski definition) is 0. The Morgan fingerprint density at radius 3 is 2.35 bits per heavy atom. The van der Waals surface area contributed by atoms with E-state index in [0.717, 1.165) is 12.1 Å². The zero-order valence-corrected chi connectivity index (χ0v) is 25.9. The maximum atomic E-state index is 14.6. The molecule has 46 heavy (non-hydrogen) atoms. The summed E-state index contributed by atoms with van der Waals surface area (Å²) in [6.07, 6.45) is 2.55. The van der Waals surface area contributed by atoms with Gasteiger partial charge < -0.3 is 23.7 Å². The van der Waals surface area contributed by atoms with E-state index in [1.54, 1.807) is 30.8 Å². The topological polar surface area (TPSA) is 107 Å². The van der Waals surface area contributed by atoms with Crippen LogP contribution in [-0.4, -0.2) is 76.0 Å². The standard InChI is InChI=1S/C33H34F3N5O5/c1-38(2)31(43)10-6-5-9-29(46-33(45)39(3)4)28(42)16-21-8-7-15-40(32(21)44)20-30-37-26-18-24(35)13-14-27(26)41(30)19-22-11-12-23(34)17-25(22)36/h6-8,10-15,17-18,29H,5,9,16,19-20H2,1-4H3/b10-6+/t29-/m0/s1. The van der Waals surface area contributed by atoms with Crippen LogP contribution in [-0.2, 0) is 33.8 Å². The van der Waals surface area contributed by atoms with Crippen molar-refractivity contribution in [3.63, 3.8) is 0 Å². The monoisotopic (exact) mass is 637 g/mol. The van der Waals surface area contributed by atoms with Crippen molar-refractivity contribution in [2.75, 3.05) is 28.2 Å². The van der Waals surface area contributed by atoms with Gasteiger partial charge in [0.15, 0.2) is 11.9 Å². The maximum Gasteiger partial charge on any atom is 0.409 e. The maximum absolute atomic E-state index is 14.6. The molecule has 13 heteroatoms. The first-order valence-electron chi connectivity index (χ1n) is 14.4. The van der Waals surface area contributed by atoms with E-state index in [4.69, 9.17) is 4.74 Å². The van der Waals surface area contributed by atoms with Gasteiger partial charge in [-0.15, -0.1) is 0 Å². The van der Waals surface area contributed by atoms with E-state index in [-0.39, 0.29) is 54.9 Å². The fourth-order valence-electron chi connectivity index (χ4n) is 4.66. The van der Waals surface area contributed by atoms with E-state index in [1.807, 2.05) is 0 Å². The molecule has 4 rings (SSSR count). The van der Waals surface area contributed by atoms with Gasteiger partial charge in [-0.25, -0.2) is 22.9 Å². The molecule has 0 radical (unpaired) electrons. The lowest BCUT2D eigenvalue weighted by atomic mass is 10.0. The number of hydrogen-bond acceptors (Lipinski definition) is 6. The van der Waals surface area contributed by atoms with Crippen LogP contribution in [0.2, 0.25) is 0 Å². The molecule has 0 fully saturated rings.